The van der Waals surface area contributed by atoms with Crippen LogP contribution in [0.1, 0.15) is 61.8 Å². The molecule has 0 unspecified atom stereocenters. The van der Waals surface area contributed by atoms with Crippen LogP contribution in [0.25, 0.3) is 33.6 Å². The molecule has 1 saturated heterocycles. The molecule has 0 radical (unpaired) electrons. The molecule has 0 aliphatic carbocycles. The third-order valence-corrected chi connectivity index (χ3v) is 7.82. The number of rotatable bonds is 7. The number of likely N-dealkylation sites (tertiary alicyclic amines) is 1. The summed E-state index contributed by atoms with van der Waals surface area (Å²) in [5.41, 5.74) is 0.288. The number of hydrogen-bond acceptors (Lipinski definition) is 7. The lowest BCUT2D eigenvalue weighted by atomic mass is 10.0. The van der Waals surface area contributed by atoms with Crippen LogP contribution in [0.2, 0.25) is 0 Å². The highest BCUT2D eigenvalue weighted by molar-refractivity contribution is 7.13. The van der Waals surface area contributed by atoms with Crippen molar-refractivity contribution < 1.29 is 27.1 Å². The Morgan fingerprint density at radius 1 is 1.09 bits per heavy atom. The average molecular weight is 628 g/mol. The zero-order valence-corrected chi connectivity index (χ0v) is 25.1. The van der Waals surface area contributed by atoms with E-state index in [4.69, 9.17) is 4.74 Å². The lowest BCUT2D eigenvalue weighted by Gasteiger charge is -2.28. The van der Waals surface area contributed by atoms with Gasteiger partial charge in [0.1, 0.15) is 22.2 Å². The average Bonchev–Trinajstić information content (AvgIpc) is 3.48. The molecule has 1 aliphatic heterocycles. The molecule has 13 heteroatoms. The van der Waals surface area contributed by atoms with Gasteiger partial charge in [0.05, 0.1) is 35.3 Å². The highest BCUT2D eigenvalue weighted by Crippen LogP contribution is 2.33. The number of hydrogen-bond donors (Lipinski definition) is 0. The monoisotopic (exact) mass is 627 g/mol. The summed E-state index contributed by atoms with van der Waals surface area (Å²) in [7, 11) is 0. The maximum Gasteiger partial charge on any atom is 0.433 e. The smallest absolute Gasteiger partial charge is 0.433 e. The van der Waals surface area contributed by atoms with Gasteiger partial charge in [-0.05, 0) is 64.3 Å². The fourth-order valence-electron chi connectivity index (χ4n) is 4.94. The molecule has 4 aromatic heterocycles. The lowest BCUT2D eigenvalue weighted by molar-refractivity contribution is -0.141. The Hall–Kier alpha value is -4.39. The fourth-order valence-corrected chi connectivity index (χ4v) is 5.78. The second-order valence-corrected chi connectivity index (χ2v) is 11.3. The number of amides is 1. The molecule has 5 rings (SSSR count). The highest BCUT2D eigenvalue weighted by Gasteiger charge is 2.32. The lowest BCUT2D eigenvalue weighted by Crippen LogP contribution is -2.37. The van der Waals surface area contributed by atoms with Crippen LogP contribution in [0.5, 0.6) is 5.88 Å². The van der Waals surface area contributed by atoms with Crippen LogP contribution in [0, 0.1) is 5.82 Å². The number of halogens is 4. The summed E-state index contributed by atoms with van der Waals surface area (Å²) in [5.74, 6) is -0.999. The van der Waals surface area contributed by atoms with Crippen LogP contribution >= 0.6 is 11.3 Å². The Labute approximate surface area is 254 Å². The molecule has 0 saturated carbocycles. The van der Waals surface area contributed by atoms with Crippen molar-refractivity contribution in [2.45, 2.75) is 46.2 Å². The highest BCUT2D eigenvalue weighted by atomic mass is 32.1. The van der Waals surface area contributed by atoms with Gasteiger partial charge in [0.25, 0.3) is 11.5 Å². The molecule has 0 N–H and O–H groups in total. The molecule has 8 nitrogen and oxygen atoms in total. The molecule has 5 heterocycles. The van der Waals surface area contributed by atoms with Crippen molar-refractivity contribution in [1.29, 1.82) is 0 Å². The van der Waals surface area contributed by atoms with Crippen molar-refractivity contribution >= 4 is 23.3 Å². The first-order valence-electron chi connectivity index (χ1n) is 14.0. The summed E-state index contributed by atoms with van der Waals surface area (Å²) in [6.45, 7) is 6.65. The van der Waals surface area contributed by atoms with Crippen LogP contribution in [0.3, 0.4) is 0 Å². The number of pyridine rings is 3. The number of carbonyl (C=O) groups is 1. The zero-order valence-electron chi connectivity index (χ0n) is 24.2. The van der Waals surface area contributed by atoms with Gasteiger partial charge in [0.15, 0.2) is 0 Å². The largest absolute Gasteiger partial charge is 0.476 e. The number of nitrogens with zero attached hydrogens (tertiary/aromatic N) is 5. The van der Waals surface area contributed by atoms with E-state index in [9.17, 15) is 27.2 Å². The Balaban J connectivity index is 1.75. The first-order chi connectivity index (χ1) is 21.0. The van der Waals surface area contributed by atoms with Gasteiger partial charge in [-0.2, -0.15) is 13.2 Å². The van der Waals surface area contributed by atoms with Crippen molar-refractivity contribution in [2.24, 2.45) is 0 Å². The third-order valence-electron chi connectivity index (χ3n) is 6.94. The minimum absolute atomic E-state index is 0.00332. The summed E-state index contributed by atoms with van der Waals surface area (Å²) in [5, 5.41) is 1.81. The second kappa shape index (κ2) is 12.7. The van der Waals surface area contributed by atoms with Crippen molar-refractivity contribution in [3.05, 3.63) is 80.7 Å². The SMILES string of the molecule is CCOc1ncc(F)cc1-n1c(C=C(C)C)c(C(=O)N2CCCCC2)cc(-c2nc(-c3ccc(C(F)(F)F)nc3)cs2)c1=O. The molecule has 0 bridgehead atoms. The van der Waals surface area contributed by atoms with E-state index in [-0.39, 0.29) is 45.9 Å². The Kier molecular flexibility index (Phi) is 8.95. The van der Waals surface area contributed by atoms with Gasteiger partial charge < -0.3 is 9.64 Å². The van der Waals surface area contributed by atoms with Crippen molar-refractivity contribution in [2.75, 3.05) is 19.7 Å². The molecule has 1 aliphatic rings. The van der Waals surface area contributed by atoms with Crippen LogP contribution < -0.4 is 10.3 Å². The summed E-state index contributed by atoms with van der Waals surface area (Å²) in [4.78, 5) is 42.2. The number of alkyl halides is 3. The fraction of sp³-hybridized carbons (Fsp3) is 0.323. The van der Waals surface area contributed by atoms with E-state index in [2.05, 4.69) is 15.0 Å². The number of aromatic nitrogens is 4. The van der Waals surface area contributed by atoms with Crippen LogP contribution in [0.4, 0.5) is 17.6 Å². The normalized spacial score (nSPS) is 13.6. The van der Waals surface area contributed by atoms with E-state index >= 15 is 0 Å². The number of carbonyl (C=O) groups excluding carboxylic acids is 1. The van der Waals surface area contributed by atoms with Gasteiger partial charge in [-0.15, -0.1) is 11.3 Å². The van der Waals surface area contributed by atoms with E-state index in [1.165, 1.54) is 16.7 Å². The van der Waals surface area contributed by atoms with E-state index in [0.29, 0.717) is 24.3 Å². The standard InChI is InChI=1S/C31H29F4N5O3S/c1-4-43-27-25(13-20(32)16-37-27)40-24(12-18(2)3)21(29(41)39-10-6-5-7-11-39)14-22(30(40)42)28-38-23(17-44-28)19-8-9-26(36-15-19)31(33,34)35/h8-9,12-17H,4-7,10-11H2,1-3H3. The van der Waals surface area contributed by atoms with E-state index < -0.39 is 23.2 Å². The topological polar surface area (TPSA) is 90.2 Å². The second-order valence-electron chi connectivity index (χ2n) is 10.5. The van der Waals surface area contributed by atoms with Gasteiger partial charge in [-0.1, -0.05) is 5.57 Å². The van der Waals surface area contributed by atoms with Crippen LogP contribution in [-0.4, -0.2) is 50.0 Å². The Morgan fingerprint density at radius 3 is 2.48 bits per heavy atom. The van der Waals surface area contributed by atoms with Gasteiger partial charge in [-0.25, -0.2) is 14.4 Å². The zero-order chi connectivity index (χ0) is 31.6. The Morgan fingerprint density at radius 2 is 1.84 bits per heavy atom. The summed E-state index contributed by atoms with van der Waals surface area (Å²) in [6.07, 6.45) is 1.83. The number of allylic oxidation sites excluding steroid dienone is 1. The van der Waals surface area contributed by atoms with E-state index in [1.807, 2.05) is 13.8 Å². The van der Waals surface area contributed by atoms with Gasteiger partial charge in [-0.3, -0.25) is 19.1 Å². The predicted octanol–water partition coefficient (Wildman–Crippen LogP) is 7.02. The molecular formula is C31H29F4N5O3S. The van der Waals surface area contributed by atoms with Crippen molar-refractivity contribution in [3.8, 4) is 33.4 Å². The molecule has 230 valence electrons. The minimum Gasteiger partial charge on any atom is -0.476 e. The number of thiazole rings is 1. The molecule has 0 spiro atoms. The van der Waals surface area contributed by atoms with E-state index in [0.717, 1.165) is 60.7 Å². The number of ether oxygens (including phenoxy) is 1. The van der Waals surface area contributed by atoms with Crippen LogP contribution in [0.15, 0.2) is 52.4 Å². The molecular weight excluding hydrogens is 598 g/mol. The maximum absolute atomic E-state index is 14.7. The molecule has 0 aromatic carbocycles. The summed E-state index contributed by atoms with van der Waals surface area (Å²) < 4.78 is 60.7. The van der Waals surface area contributed by atoms with Gasteiger partial charge in [0, 0.05) is 36.3 Å². The first kappa shape index (κ1) is 31.0. The maximum atomic E-state index is 14.7. The van der Waals surface area contributed by atoms with Crippen molar-refractivity contribution in [3.63, 3.8) is 0 Å². The van der Waals surface area contributed by atoms with Gasteiger partial charge >= 0.3 is 6.18 Å². The van der Waals surface area contributed by atoms with Crippen molar-refractivity contribution in [1.82, 2.24) is 24.4 Å². The third kappa shape index (κ3) is 6.42. The molecule has 1 fully saturated rings. The quantitative estimate of drug-likeness (QED) is 0.205. The summed E-state index contributed by atoms with van der Waals surface area (Å²) in [6, 6.07) is 4.73. The molecule has 4 aromatic rings. The molecule has 1 amide bonds. The Bertz CT molecular complexity index is 1770. The predicted molar refractivity (Wildman–Crippen MR) is 159 cm³/mol. The molecule has 44 heavy (non-hydrogen) atoms. The van der Waals surface area contributed by atoms with Gasteiger partial charge in [0.2, 0.25) is 5.88 Å². The molecule has 0 atom stereocenters. The summed E-state index contributed by atoms with van der Waals surface area (Å²) >= 11 is 1.08. The number of piperidine rings is 1. The first-order valence-corrected chi connectivity index (χ1v) is 14.9. The van der Waals surface area contributed by atoms with Crippen LogP contribution in [-0.2, 0) is 6.18 Å². The van der Waals surface area contributed by atoms with E-state index in [1.54, 1.807) is 23.3 Å². The minimum atomic E-state index is -4.59.